The molecular formula is C16H26N4. The SMILES string of the molecule is CN=C(NCC1CCCN1Cc1ccccc1)N(C)C. The first-order chi connectivity index (χ1) is 9.70. The molecule has 20 heavy (non-hydrogen) atoms. The van der Waals surface area contributed by atoms with Gasteiger partial charge in [-0.25, -0.2) is 0 Å². The molecule has 1 aliphatic heterocycles. The van der Waals surface area contributed by atoms with Crippen molar-refractivity contribution in [3.05, 3.63) is 35.9 Å². The van der Waals surface area contributed by atoms with Crippen LogP contribution in [0.15, 0.2) is 35.3 Å². The Hall–Kier alpha value is -1.55. The fraction of sp³-hybridized carbons (Fsp3) is 0.562. The molecule has 110 valence electrons. The maximum absolute atomic E-state index is 4.27. The van der Waals surface area contributed by atoms with Crippen LogP contribution in [0.5, 0.6) is 0 Å². The zero-order chi connectivity index (χ0) is 14.4. The molecular weight excluding hydrogens is 248 g/mol. The summed E-state index contributed by atoms with van der Waals surface area (Å²) in [5, 5.41) is 3.46. The fourth-order valence-electron chi connectivity index (χ4n) is 2.80. The quantitative estimate of drug-likeness (QED) is 0.671. The molecule has 2 rings (SSSR count). The van der Waals surface area contributed by atoms with Gasteiger partial charge in [-0.1, -0.05) is 30.3 Å². The predicted octanol–water partition coefficient (Wildman–Crippen LogP) is 1.79. The Morgan fingerprint density at radius 3 is 2.75 bits per heavy atom. The molecule has 0 aliphatic carbocycles. The monoisotopic (exact) mass is 274 g/mol. The van der Waals surface area contributed by atoms with Crippen LogP contribution in [0.1, 0.15) is 18.4 Å². The number of rotatable bonds is 4. The van der Waals surface area contributed by atoms with Gasteiger partial charge in [0.05, 0.1) is 0 Å². The van der Waals surface area contributed by atoms with Crippen molar-refractivity contribution < 1.29 is 0 Å². The number of likely N-dealkylation sites (tertiary alicyclic amines) is 1. The van der Waals surface area contributed by atoms with E-state index >= 15 is 0 Å². The van der Waals surface area contributed by atoms with Crippen molar-refractivity contribution >= 4 is 5.96 Å². The van der Waals surface area contributed by atoms with Crippen LogP contribution in [0.3, 0.4) is 0 Å². The van der Waals surface area contributed by atoms with E-state index in [-0.39, 0.29) is 0 Å². The summed E-state index contributed by atoms with van der Waals surface area (Å²) in [7, 11) is 5.87. The van der Waals surface area contributed by atoms with Crippen LogP contribution in [0, 0.1) is 0 Å². The number of benzene rings is 1. The highest BCUT2D eigenvalue weighted by Crippen LogP contribution is 2.19. The first-order valence-corrected chi connectivity index (χ1v) is 7.36. The Bertz CT molecular complexity index is 427. The average molecular weight is 274 g/mol. The third kappa shape index (κ3) is 3.97. The fourth-order valence-corrected chi connectivity index (χ4v) is 2.80. The van der Waals surface area contributed by atoms with E-state index < -0.39 is 0 Å². The standard InChI is InChI=1S/C16H26N4/c1-17-16(19(2)3)18-12-15-10-7-11-20(15)13-14-8-5-4-6-9-14/h4-6,8-9,15H,7,10-13H2,1-3H3,(H,17,18). The van der Waals surface area contributed by atoms with Crippen LogP contribution in [0.2, 0.25) is 0 Å². The first-order valence-electron chi connectivity index (χ1n) is 7.36. The summed E-state index contributed by atoms with van der Waals surface area (Å²) in [6.45, 7) is 3.22. The van der Waals surface area contributed by atoms with Gasteiger partial charge in [0.1, 0.15) is 0 Å². The normalized spacial score (nSPS) is 20.1. The number of aliphatic imine (C=N–C) groups is 1. The van der Waals surface area contributed by atoms with Gasteiger partial charge in [-0.15, -0.1) is 0 Å². The Morgan fingerprint density at radius 2 is 2.10 bits per heavy atom. The van der Waals surface area contributed by atoms with E-state index in [0.717, 1.165) is 19.0 Å². The van der Waals surface area contributed by atoms with Crippen molar-refractivity contribution in [2.75, 3.05) is 34.2 Å². The molecule has 1 aromatic carbocycles. The lowest BCUT2D eigenvalue weighted by molar-refractivity contribution is 0.244. The number of guanidine groups is 1. The summed E-state index contributed by atoms with van der Waals surface area (Å²) in [6.07, 6.45) is 2.56. The maximum atomic E-state index is 4.27. The molecule has 0 saturated carbocycles. The molecule has 0 aromatic heterocycles. The topological polar surface area (TPSA) is 30.9 Å². The summed E-state index contributed by atoms with van der Waals surface area (Å²) in [5.41, 5.74) is 1.40. The minimum Gasteiger partial charge on any atom is -0.355 e. The second kappa shape index (κ2) is 7.29. The highest BCUT2D eigenvalue weighted by atomic mass is 15.3. The summed E-state index contributed by atoms with van der Waals surface area (Å²) in [5.74, 6) is 0.955. The van der Waals surface area contributed by atoms with Crippen LogP contribution in [0.4, 0.5) is 0 Å². The van der Waals surface area contributed by atoms with Crippen molar-refractivity contribution in [3.8, 4) is 0 Å². The van der Waals surface area contributed by atoms with Crippen molar-refractivity contribution in [1.82, 2.24) is 15.1 Å². The Morgan fingerprint density at radius 1 is 1.35 bits per heavy atom. The van der Waals surface area contributed by atoms with Crippen LogP contribution >= 0.6 is 0 Å². The van der Waals surface area contributed by atoms with E-state index in [2.05, 4.69) is 45.5 Å². The Balaban J connectivity index is 1.88. The molecule has 1 aliphatic rings. The molecule has 0 bridgehead atoms. The van der Waals surface area contributed by atoms with E-state index in [1.807, 2.05) is 26.0 Å². The lowest BCUT2D eigenvalue weighted by atomic mass is 10.2. The molecule has 1 saturated heterocycles. The van der Waals surface area contributed by atoms with Crippen LogP contribution in [-0.4, -0.2) is 56.0 Å². The third-order valence-electron chi connectivity index (χ3n) is 3.86. The summed E-state index contributed by atoms with van der Waals surface area (Å²) < 4.78 is 0. The van der Waals surface area contributed by atoms with Crippen LogP contribution in [0.25, 0.3) is 0 Å². The van der Waals surface area contributed by atoms with Gasteiger partial charge in [0.25, 0.3) is 0 Å². The van der Waals surface area contributed by atoms with Gasteiger partial charge in [0.15, 0.2) is 5.96 Å². The van der Waals surface area contributed by atoms with E-state index in [4.69, 9.17) is 0 Å². The number of hydrogen-bond acceptors (Lipinski definition) is 2. The highest BCUT2D eigenvalue weighted by Gasteiger charge is 2.24. The minimum absolute atomic E-state index is 0.604. The van der Waals surface area contributed by atoms with Gasteiger partial charge in [-0.3, -0.25) is 9.89 Å². The molecule has 0 spiro atoms. The number of nitrogens with one attached hydrogen (secondary N) is 1. The van der Waals surface area contributed by atoms with Gasteiger partial charge in [-0.2, -0.15) is 0 Å². The van der Waals surface area contributed by atoms with Gasteiger partial charge in [-0.05, 0) is 24.9 Å². The summed E-state index contributed by atoms with van der Waals surface area (Å²) >= 11 is 0. The summed E-state index contributed by atoms with van der Waals surface area (Å²) in [6, 6.07) is 11.3. The van der Waals surface area contributed by atoms with Gasteiger partial charge < -0.3 is 10.2 Å². The van der Waals surface area contributed by atoms with Crippen molar-refractivity contribution in [2.24, 2.45) is 4.99 Å². The molecule has 0 amide bonds. The Labute approximate surface area is 122 Å². The zero-order valence-electron chi connectivity index (χ0n) is 12.8. The number of hydrogen-bond donors (Lipinski definition) is 1. The van der Waals surface area contributed by atoms with E-state index in [0.29, 0.717) is 6.04 Å². The zero-order valence-corrected chi connectivity index (χ0v) is 12.8. The molecule has 1 unspecified atom stereocenters. The molecule has 1 fully saturated rings. The van der Waals surface area contributed by atoms with Gasteiger partial charge >= 0.3 is 0 Å². The van der Waals surface area contributed by atoms with E-state index in [9.17, 15) is 0 Å². The molecule has 1 aromatic rings. The third-order valence-corrected chi connectivity index (χ3v) is 3.86. The molecule has 1 atom stereocenters. The second-order valence-electron chi connectivity index (χ2n) is 5.57. The first kappa shape index (κ1) is 14.9. The largest absolute Gasteiger partial charge is 0.355 e. The van der Waals surface area contributed by atoms with E-state index in [1.165, 1.54) is 24.9 Å². The van der Waals surface area contributed by atoms with Crippen LogP contribution < -0.4 is 5.32 Å². The van der Waals surface area contributed by atoms with Crippen molar-refractivity contribution in [1.29, 1.82) is 0 Å². The molecule has 1 heterocycles. The lowest BCUT2D eigenvalue weighted by Gasteiger charge is -2.26. The second-order valence-corrected chi connectivity index (χ2v) is 5.57. The Kier molecular flexibility index (Phi) is 5.41. The molecule has 1 N–H and O–H groups in total. The summed E-state index contributed by atoms with van der Waals surface area (Å²) in [4.78, 5) is 8.87. The highest BCUT2D eigenvalue weighted by molar-refractivity contribution is 5.79. The van der Waals surface area contributed by atoms with E-state index in [1.54, 1.807) is 0 Å². The van der Waals surface area contributed by atoms with Gasteiger partial charge in [0.2, 0.25) is 0 Å². The smallest absolute Gasteiger partial charge is 0.193 e. The lowest BCUT2D eigenvalue weighted by Crippen LogP contribution is -2.44. The van der Waals surface area contributed by atoms with Gasteiger partial charge in [0, 0.05) is 40.3 Å². The average Bonchev–Trinajstić information content (AvgIpc) is 2.88. The maximum Gasteiger partial charge on any atom is 0.193 e. The van der Waals surface area contributed by atoms with Crippen LogP contribution in [-0.2, 0) is 6.54 Å². The predicted molar refractivity (Wildman–Crippen MR) is 84.9 cm³/mol. The molecule has 0 radical (unpaired) electrons. The van der Waals surface area contributed by atoms with Crippen molar-refractivity contribution in [3.63, 3.8) is 0 Å². The minimum atomic E-state index is 0.604. The number of nitrogens with zero attached hydrogens (tertiary/aromatic N) is 3. The van der Waals surface area contributed by atoms with Crippen molar-refractivity contribution in [2.45, 2.75) is 25.4 Å². The molecule has 4 heteroatoms. The molecule has 4 nitrogen and oxygen atoms in total.